The number of hydrogen-bond acceptors (Lipinski definition) is 5. The number of carbonyl (C=O) groups excluding carboxylic acids is 1. The van der Waals surface area contributed by atoms with E-state index in [-0.39, 0.29) is 28.3 Å². The Morgan fingerprint density at radius 3 is 2.54 bits per heavy atom. The molecule has 1 aromatic carbocycles. The number of aromatic nitrogens is 3. The molecule has 0 saturated carbocycles. The van der Waals surface area contributed by atoms with Crippen LogP contribution >= 0.6 is 0 Å². The summed E-state index contributed by atoms with van der Waals surface area (Å²) >= 11 is 0. The fourth-order valence-electron chi connectivity index (χ4n) is 2.74. The van der Waals surface area contributed by atoms with E-state index in [1.807, 2.05) is 0 Å². The summed E-state index contributed by atoms with van der Waals surface area (Å²) in [5, 5.41) is 10.2. The van der Waals surface area contributed by atoms with Gasteiger partial charge in [-0.1, -0.05) is 6.07 Å². The van der Waals surface area contributed by atoms with Crippen LogP contribution in [0.2, 0.25) is 0 Å². The zero-order valence-electron chi connectivity index (χ0n) is 19.0. The summed E-state index contributed by atoms with van der Waals surface area (Å²) in [5.41, 5.74) is 10.8. The fourth-order valence-corrected chi connectivity index (χ4v) is 2.74. The number of nitrogens with two attached hydrogens (primary N) is 2. The number of anilines is 1. The van der Waals surface area contributed by atoms with Crippen LogP contribution < -0.4 is 11.5 Å². The maximum absolute atomic E-state index is 12.1. The number of amides is 1. The number of benzene rings is 1. The quantitative estimate of drug-likeness (QED) is 0.663. The molecular formula is C17H19N5O2. The SMILES string of the molecule is [2H]C([2H])([2H])c1nc2c(C(N)=O)c(N)n(-c3c(C)ccc(O)c3C)c2nc1C([2H])([2H])[2H]. The minimum Gasteiger partial charge on any atom is -0.508 e. The van der Waals surface area contributed by atoms with Crippen LogP contribution in [0.1, 0.15) is 41.1 Å². The standard InChI is InChI=1S/C17H19N5O2/c1-7-5-6-11(23)8(2)14(7)22-15(18)12(16(19)24)13-17(22)21-10(4)9(3)20-13/h5-6,23H,18H2,1-4H3,(H2,19,24)/i3D3,4D3. The summed E-state index contributed by atoms with van der Waals surface area (Å²) in [4.78, 5) is 20.2. The molecule has 0 unspecified atom stereocenters. The monoisotopic (exact) mass is 331 g/mol. The summed E-state index contributed by atoms with van der Waals surface area (Å²) in [5.74, 6) is -1.26. The van der Waals surface area contributed by atoms with Gasteiger partial charge in [-0.2, -0.15) is 0 Å². The minimum atomic E-state index is -2.91. The molecule has 0 spiro atoms. The molecule has 5 N–H and O–H groups in total. The van der Waals surface area contributed by atoms with Crippen molar-refractivity contribution in [3.05, 3.63) is 40.2 Å². The maximum atomic E-state index is 12.1. The molecule has 0 atom stereocenters. The van der Waals surface area contributed by atoms with Crippen LogP contribution in [0.25, 0.3) is 16.9 Å². The van der Waals surface area contributed by atoms with E-state index >= 15 is 0 Å². The Morgan fingerprint density at radius 1 is 1.25 bits per heavy atom. The lowest BCUT2D eigenvalue weighted by Gasteiger charge is -2.15. The van der Waals surface area contributed by atoms with Crippen LogP contribution in [0.4, 0.5) is 5.82 Å². The van der Waals surface area contributed by atoms with Crippen LogP contribution in [0.5, 0.6) is 5.75 Å². The first kappa shape index (κ1) is 9.92. The lowest BCUT2D eigenvalue weighted by atomic mass is 10.1. The third kappa shape index (κ3) is 2.09. The van der Waals surface area contributed by atoms with Gasteiger partial charge in [-0.25, -0.2) is 9.97 Å². The van der Waals surface area contributed by atoms with E-state index in [0.717, 1.165) is 0 Å². The van der Waals surface area contributed by atoms with E-state index in [4.69, 9.17) is 19.7 Å². The third-order valence-corrected chi connectivity index (χ3v) is 3.90. The van der Waals surface area contributed by atoms with Crippen LogP contribution in [0.15, 0.2) is 12.1 Å². The molecule has 7 heteroatoms. The highest BCUT2D eigenvalue weighted by Gasteiger charge is 2.25. The predicted molar refractivity (Wildman–Crippen MR) is 92.4 cm³/mol. The number of fused-ring (bicyclic) bond motifs is 1. The van der Waals surface area contributed by atoms with Crippen molar-refractivity contribution in [3.63, 3.8) is 0 Å². The van der Waals surface area contributed by atoms with E-state index < -0.39 is 31.0 Å². The zero-order chi connectivity index (χ0) is 22.8. The van der Waals surface area contributed by atoms with Gasteiger partial charge in [-0.05, 0) is 39.2 Å². The summed E-state index contributed by atoms with van der Waals surface area (Å²) in [6, 6.07) is 3.07. The van der Waals surface area contributed by atoms with Crippen LogP contribution in [0.3, 0.4) is 0 Å². The molecule has 0 bridgehead atoms. The Balaban J connectivity index is 2.60. The Hall–Kier alpha value is -3.09. The lowest BCUT2D eigenvalue weighted by Crippen LogP contribution is -2.14. The number of hydrogen-bond donors (Lipinski definition) is 3. The Labute approximate surface area is 147 Å². The van der Waals surface area contributed by atoms with Gasteiger partial charge in [0.05, 0.1) is 17.1 Å². The van der Waals surface area contributed by atoms with E-state index in [2.05, 4.69) is 9.97 Å². The van der Waals surface area contributed by atoms with Gasteiger partial charge in [0.15, 0.2) is 5.65 Å². The third-order valence-electron chi connectivity index (χ3n) is 3.90. The van der Waals surface area contributed by atoms with Crippen molar-refractivity contribution >= 4 is 22.9 Å². The molecule has 1 amide bonds. The smallest absolute Gasteiger partial charge is 0.254 e. The molecule has 0 fully saturated rings. The van der Waals surface area contributed by atoms with Gasteiger partial charge in [0.25, 0.3) is 5.91 Å². The van der Waals surface area contributed by atoms with Crippen molar-refractivity contribution in [2.24, 2.45) is 5.73 Å². The first-order chi connectivity index (χ1) is 13.7. The second kappa shape index (κ2) is 5.23. The average Bonchev–Trinajstić information content (AvgIpc) is 2.88. The molecule has 0 aliphatic rings. The number of rotatable bonds is 2. The molecular weight excluding hydrogens is 306 g/mol. The highest BCUT2D eigenvalue weighted by molar-refractivity contribution is 6.09. The maximum Gasteiger partial charge on any atom is 0.254 e. The van der Waals surface area contributed by atoms with Crippen LogP contribution in [0, 0.1) is 27.6 Å². The molecule has 0 radical (unpaired) electrons. The zero-order valence-corrected chi connectivity index (χ0v) is 13.0. The molecule has 2 heterocycles. The Kier molecular flexibility index (Phi) is 2.16. The number of nitrogens with zero attached hydrogens (tertiary/aromatic N) is 3. The van der Waals surface area contributed by atoms with Gasteiger partial charge in [0.2, 0.25) is 0 Å². The second-order valence-corrected chi connectivity index (χ2v) is 5.43. The fraction of sp³-hybridized carbons (Fsp3) is 0.235. The largest absolute Gasteiger partial charge is 0.508 e. The topological polar surface area (TPSA) is 120 Å². The molecule has 2 aromatic heterocycles. The highest BCUT2D eigenvalue weighted by Crippen LogP contribution is 2.35. The minimum absolute atomic E-state index is 0.0689. The first-order valence-electron chi connectivity index (χ1n) is 9.98. The van der Waals surface area contributed by atoms with Crippen molar-refractivity contribution < 1.29 is 18.1 Å². The van der Waals surface area contributed by atoms with E-state index in [0.29, 0.717) is 16.8 Å². The number of aryl methyl sites for hydroxylation is 3. The molecule has 3 aromatic rings. The molecule has 124 valence electrons. The Morgan fingerprint density at radius 2 is 1.92 bits per heavy atom. The number of carbonyl (C=O) groups is 1. The average molecular weight is 331 g/mol. The summed E-state index contributed by atoms with van der Waals surface area (Å²) in [6.07, 6.45) is 0. The summed E-state index contributed by atoms with van der Waals surface area (Å²) in [7, 11) is 0. The van der Waals surface area contributed by atoms with Crippen molar-refractivity contribution in [2.45, 2.75) is 27.6 Å². The molecule has 24 heavy (non-hydrogen) atoms. The number of nitrogen functional groups attached to an aromatic ring is 1. The number of aromatic hydroxyl groups is 1. The van der Waals surface area contributed by atoms with Crippen LogP contribution in [-0.4, -0.2) is 25.5 Å². The second-order valence-electron chi connectivity index (χ2n) is 5.43. The van der Waals surface area contributed by atoms with Crippen molar-refractivity contribution in [1.29, 1.82) is 0 Å². The van der Waals surface area contributed by atoms with Gasteiger partial charge < -0.3 is 16.6 Å². The van der Waals surface area contributed by atoms with Gasteiger partial charge >= 0.3 is 0 Å². The van der Waals surface area contributed by atoms with Crippen LogP contribution in [-0.2, 0) is 0 Å². The first-order valence-corrected chi connectivity index (χ1v) is 6.98. The van der Waals surface area contributed by atoms with Crippen molar-refractivity contribution in [1.82, 2.24) is 14.5 Å². The Bertz CT molecular complexity index is 1200. The molecule has 0 aliphatic carbocycles. The number of phenolic OH excluding ortho intramolecular Hbond substituents is 1. The normalized spacial score (nSPS) is 15.9. The van der Waals surface area contributed by atoms with E-state index in [1.54, 1.807) is 19.9 Å². The molecule has 0 saturated heterocycles. The van der Waals surface area contributed by atoms with Crippen molar-refractivity contribution in [3.8, 4) is 11.4 Å². The van der Waals surface area contributed by atoms with Gasteiger partial charge in [-0.15, -0.1) is 0 Å². The van der Waals surface area contributed by atoms with Gasteiger partial charge in [0, 0.05) is 13.8 Å². The van der Waals surface area contributed by atoms with Gasteiger partial charge in [-0.3, -0.25) is 9.36 Å². The summed E-state index contributed by atoms with van der Waals surface area (Å²) in [6.45, 7) is -2.49. The number of primary amides is 1. The van der Waals surface area contributed by atoms with Crippen molar-refractivity contribution in [2.75, 3.05) is 5.73 Å². The molecule has 0 aliphatic heterocycles. The highest BCUT2D eigenvalue weighted by atomic mass is 16.3. The lowest BCUT2D eigenvalue weighted by molar-refractivity contribution is 0.100. The number of phenols is 1. The van der Waals surface area contributed by atoms with E-state index in [9.17, 15) is 9.90 Å². The summed E-state index contributed by atoms with van der Waals surface area (Å²) < 4.78 is 47.4. The molecule has 3 rings (SSSR count). The van der Waals surface area contributed by atoms with Gasteiger partial charge in [0.1, 0.15) is 22.6 Å². The molecule has 7 nitrogen and oxygen atoms in total. The van der Waals surface area contributed by atoms with E-state index in [1.165, 1.54) is 10.6 Å². The predicted octanol–water partition coefficient (Wildman–Crippen LogP) is 2.04.